The largest absolute Gasteiger partial charge is 0.269 e. The Morgan fingerprint density at radius 1 is 0.409 bits per heavy atom. The summed E-state index contributed by atoms with van der Waals surface area (Å²) in [6.07, 6.45) is 24.6. The molecule has 0 aliphatic heterocycles. The Balaban J connectivity index is -0.000000144. The molecule has 4 aliphatic carbocycles. The van der Waals surface area contributed by atoms with E-state index in [1.54, 1.807) is 11.1 Å². The van der Waals surface area contributed by atoms with Gasteiger partial charge in [0.05, 0.1) is 0 Å². The van der Waals surface area contributed by atoms with Crippen molar-refractivity contribution in [1.82, 2.24) is 0 Å². The van der Waals surface area contributed by atoms with Crippen molar-refractivity contribution in [2.75, 3.05) is 0 Å². The van der Waals surface area contributed by atoms with Crippen molar-refractivity contribution in [3.8, 4) is 0 Å². The van der Waals surface area contributed by atoms with Gasteiger partial charge in [-0.05, 0) is 102 Å². The zero-order valence-corrected chi connectivity index (χ0v) is 29.2. The minimum absolute atomic E-state index is 0. The average molecular weight is 621 g/mol. The topological polar surface area (TPSA) is 0 Å². The van der Waals surface area contributed by atoms with Gasteiger partial charge < -0.3 is 0 Å². The van der Waals surface area contributed by atoms with Gasteiger partial charge in [-0.1, -0.05) is 174 Å². The number of halogens is 1. The van der Waals surface area contributed by atoms with Crippen LogP contribution in [-0.2, 0) is 0 Å². The predicted molar refractivity (Wildman–Crippen MR) is 208 cm³/mol. The van der Waals surface area contributed by atoms with Gasteiger partial charge in [-0.3, -0.25) is 4.70 Å². The molecule has 0 saturated heterocycles. The maximum absolute atomic E-state index is 2.37. The smallest absolute Gasteiger partial charge is 0 e. The Morgan fingerprint density at radius 2 is 0.636 bits per heavy atom. The van der Waals surface area contributed by atoms with Crippen molar-refractivity contribution in [1.29, 1.82) is 0 Å². The highest BCUT2D eigenvalue weighted by Gasteiger charge is 2.14. The molecule has 2 unspecified atom stereocenters. The summed E-state index contributed by atoms with van der Waals surface area (Å²) in [6.45, 7) is 22.8. The van der Waals surface area contributed by atoms with Crippen molar-refractivity contribution in [2.45, 2.75) is 181 Å². The molecule has 44 heavy (non-hydrogen) atoms. The molecule has 0 heterocycles. The molecule has 0 radical (unpaired) electrons. The molecule has 2 saturated carbocycles. The molecule has 5 rings (SSSR count). The van der Waals surface area contributed by atoms with E-state index in [2.05, 4.69) is 106 Å². The Hall–Kier alpha value is -1.37. The van der Waals surface area contributed by atoms with Crippen LogP contribution in [0.2, 0.25) is 0 Å². The molecule has 4 aliphatic rings. The molecule has 0 aromatic heterocycles. The fourth-order valence-corrected chi connectivity index (χ4v) is 5.68. The molecule has 1 aromatic rings. The minimum atomic E-state index is 0. The first kappa shape index (κ1) is 49.5. The van der Waals surface area contributed by atoms with Crippen LogP contribution in [0.25, 0.3) is 0 Å². The van der Waals surface area contributed by atoms with E-state index in [4.69, 9.17) is 0 Å². The summed E-state index contributed by atoms with van der Waals surface area (Å²) < 4.78 is 0. The molecule has 0 spiro atoms. The molecular weight excluding hydrogens is 535 g/mol. The molecule has 0 bridgehead atoms. The van der Waals surface area contributed by atoms with Gasteiger partial charge in [0, 0.05) is 1.43 Å². The van der Waals surface area contributed by atoms with E-state index in [1.807, 2.05) is 0 Å². The van der Waals surface area contributed by atoms with Crippen LogP contribution in [0.15, 0.2) is 47.6 Å². The van der Waals surface area contributed by atoms with E-state index in [-0.39, 0.29) is 28.4 Å². The van der Waals surface area contributed by atoms with Gasteiger partial charge >= 0.3 is 0 Å². The van der Waals surface area contributed by atoms with Crippen LogP contribution in [0.3, 0.4) is 0 Å². The standard InChI is InChI=1S/2C8H16.2C8H14.C8H10.3CH4.FH.H2/c5*1-7-3-5-8(2)6-4-7;;;;;/h2*7-8H,3-6H2,1-2H3;2*3,8H,4-6H2,1-2H3;3-6H,1-2H3;3*1H4;2*1H. The lowest BCUT2D eigenvalue weighted by Gasteiger charge is -2.22. The van der Waals surface area contributed by atoms with Gasteiger partial charge in [0.2, 0.25) is 0 Å². The predicted octanol–water partition coefficient (Wildman–Crippen LogP) is 15.8. The molecular formula is C43H85F. The second-order valence-electron chi connectivity index (χ2n) is 14.7. The third-order valence-corrected chi connectivity index (χ3v) is 9.63. The highest BCUT2D eigenvalue weighted by atomic mass is 19.0. The number of allylic oxidation sites excluding steroid dienone is 4. The summed E-state index contributed by atoms with van der Waals surface area (Å²) >= 11 is 0. The third-order valence-electron chi connectivity index (χ3n) is 9.63. The summed E-state index contributed by atoms with van der Waals surface area (Å²) in [7, 11) is 0. The number of hydrogen-bond acceptors (Lipinski definition) is 0. The maximum atomic E-state index is 2.37. The van der Waals surface area contributed by atoms with Crippen molar-refractivity contribution in [2.24, 2.45) is 35.5 Å². The summed E-state index contributed by atoms with van der Waals surface area (Å²) in [5, 5.41) is 0. The molecule has 2 atom stereocenters. The van der Waals surface area contributed by atoms with Crippen LogP contribution in [0.1, 0.15) is 180 Å². The van der Waals surface area contributed by atoms with Crippen LogP contribution in [0.5, 0.6) is 0 Å². The SMILES string of the molecule is C.C.C.CC1=CCC(C)CC1.CC1=CCC(C)CC1.CC1CCC(C)CC1.CC1CCC(C)CC1.Cc1ccc(C)cc1.F.[HH]. The first-order chi connectivity index (χ1) is 18.9. The fraction of sp³-hybridized carbons (Fsp3) is 0.767. The maximum Gasteiger partial charge on any atom is 0 e. The van der Waals surface area contributed by atoms with Crippen molar-refractivity contribution in [3.63, 3.8) is 0 Å². The molecule has 0 N–H and O–H groups in total. The van der Waals surface area contributed by atoms with E-state index < -0.39 is 0 Å². The van der Waals surface area contributed by atoms with Gasteiger partial charge in [-0.15, -0.1) is 0 Å². The zero-order chi connectivity index (χ0) is 29.9. The summed E-state index contributed by atoms with van der Waals surface area (Å²) in [4.78, 5) is 0. The van der Waals surface area contributed by atoms with Gasteiger partial charge in [0.1, 0.15) is 0 Å². The van der Waals surface area contributed by atoms with Crippen molar-refractivity contribution in [3.05, 3.63) is 58.7 Å². The van der Waals surface area contributed by atoms with E-state index in [0.29, 0.717) is 0 Å². The summed E-state index contributed by atoms with van der Waals surface area (Å²) in [6, 6.07) is 8.48. The van der Waals surface area contributed by atoms with Crippen LogP contribution in [-0.4, -0.2) is 0 Å². The Bertz CT molecular complexity index is 718. The summed E-state index contributed by atoms with van der Waals surface area (Å²) in [5.41, 5.74) is 5.83. The van der Waals surface area contributed by atoms with Crippen molar-refractivity contribution < 1.29 is 6.13 Å². The van der Waals surface area contributed by atoms with Gasteiger partial charge in [0.15, 0.2) is 0 Å². The van der Waals surface area contributed by atoms with E-state index in [0.717, 1.165) is 35.5 Å². The van der Waals surface area contributed by atoms with E-state index >= 15 is 0 Å². The van der Waals surface area contributed by atoms with Crippen molar-refractivity contribution >= 4 is 0 Å². The van der Waals surface area contributed by atoms with Gasteiger partial charge in [0.25, 0.3) is 0 Å². The van der Waals surface area contributed by atoms with Crippen LogP contribution in [0.4, 0.5) is 4.70 Å². The van der Waals surface area contributed by atoms with E-state index in [9.17, 15) is 0 Å². The number of benzene rings is 1. The van der Waals surface area contributed by atoms with Gasteiger partial charge in [-0.25, -0.2) is 0 Å². The molecule has 0 nitrogen and oxygen atoms in total. The Kier molecular flexibility index (Phi) is 32.7. The van der Waals surface area contributed by atoms with Crippen LogP contribution < -0.4 is 0 Å². The molecule has 0 amide bonds. The first-order valence-electron chi connectivity index (χ1n) is 17.3. The van der Waals surface area contributed by atoms with E-state index in [1.165, 1.54) is 101 Å². The highest BCUT2D eigenvalue weighted by molar-refractivity contribution is 5.19. The Labute approximate surface area is 281 Å². The van der Waals surface area contributed by atoms with Gasteiger partial charge in [-0.2, -0.15) is 0 Å². The zero-order valence-electron chi connectivity index (χ0n) is 29.2. The quantitative estimate of drug-likeness (QED) is 0.253. The Morgan fingerprint density at radius 3 is 0.795 bits per heavy atom. The number of rotatable bonds is 0. The highest BCUT2D eigenvalue weighted by Crippen LogP contribution is 2.28. The van der Waals surface area contributed by atoms with Crippen LogP contribution >= 0.6 is 0 Å². The summed E-state index contributed by atoms with van der Waals surface area (Å²) in [5.74, 6) is 5.96. The number of aryl methyl sites for hydroxylation is 2. The molecule has 2 fully saturated rings. The lowest BCUT2D eigenvalue weighted by Crippen LogP contribution is -2.08. The number of hydrogen-bond donors (Lipinski definition) is 0. The monoisotopic (exact) mass is 621 g/mol. The normalized spacial score (nSPS) is 27.0. The third kappa shape index (κ3) is 27.0. The lowest BCUT2D eigenvalue weighted by atomic mass is 9.84. The second kappa shape index (κ2) is 29.1. The molecule has 1 heteroatoms. The van der Waals surface area contributed by atoms with Crippen LogP contribution in [0, 0.1) is 49.4 Å². The fourth-order valence-electron chi connectivity index (χ4n) is 5.68. The average Bonchev–Trinajstić information content (AvgIpc) is 2.94. The first-order valence-corrected chi connectivity index (χ1v) is 17.3. The lowest BCUT2D eigenvalue weighted by molar-refractivity contribution is 0.308. The molecule has 1 aromatic carbocycles. The second-order valence-corrected chi connectivity index (χ2v) is 14.7. The minimum Gasteiger partial charge on any atom is -0.269 e. The molecule has 264 valence electrons.